The standard InChI is InChI=1S/C10H10ClN7/c1-2-18-4-3-7(17-18)13-8-6-5-12-16-9(6)15-10(11)14-8/h3-5H,2H2,1H3,(H2,12,13,14,15,16,17). The maximum Gasteiger partial charge on any atom is 0.226 e. The van der Waals surface area contributed by atoms with Gasteiger partial charge in [-0.15, -0.1) is 0 Å². The van der Waals surface area contributed by atoms with E-state index in [4.69, 9.17) is 11.6 Å². The van der Waals surface area contributed by atoms with Crippen molar-refractivity contribution in [3.05, 3.63) is 23.7 Å². The molecule has 0 aromatic carbocycles. The summed E-state index contributed by atoms with van der Waals surface area (Å²) in [4.78, 5) is 8.17. The van der Waals surface area contributed by atoms with E-state index in [-0.39, 0.29) is 5.28 Å². The van der Waals surface area contributed by atoms with Gasteiger partial charge in [0.2, 0.25) is 5.28 Å². The highest BCUT2D eigenvalue weighted by Gasteiger charge is 2.09. The fourth-order valence-electron chi connectivity index (χ4n) is 1.63. The molecule has 0 atom stereocenters. The minimum absolute atomic E-state index is 0.157. The summed E-state index contributed by atoms with van der Waals surface area (Å²) in [6.45, 7) is 2.83. The summed E-state index contributed by atoms with van der Waals surface area (Å²) in [5, 5.41) is 15.0. The van der Waals surface area contributed by atoms with Crippen molar-refractivity contribution < 1.29 is 0 Å². The van der Waals surface area contributed by atoms with Gasteiger partial charge < -0.3 is 5.32 Å². The van der Waals surface area contributed by atoms with E-state index >= 15 is 0 Å². The van der Waals surface area contributed by atoms with Gasteiger partial charge in [-0.3, -0.25) is 9.78 Å². The van der Waals surface area contributed by atoms with E-state index in [2.05, 4.69) is 30.6 Å². The number of aromatic nitrogens is 6. The third kappa shape index (κ3) is 1.88. The van der Waals surface area contributed by atoms with Crippen molar-refractivity contribution in [2.75, 3.05) is 5.32 Å². The second-order valence-corrected chi connectivity index (χ2v) is 3.99. The van der Waals surface area contributed by atoms with Crippen LogP contribution in [0.1, 0.15) is 6.92 Å². The summed E-state index contributed by atoms with van der Waals surface area (Å²) in [6, 6.07) is 1.87. The van der Waals surface area contributed by atoms with Crippen LogP contribution in [0, 0.1) is 0 Å². The second kappa shape index (κ2) is 4.26. The van der Waals surface area contributed by atoms with Gasteiger partial charge in [0.25, 0.3) is 0 Å². The maximum atomic E-state index is 5.84. The van der Waals surface area contributed by atoms with Crippen LogP contribution in [0.2, 0.25) is 5.28 Å². The Labute approximate surface area is 107 Å². The van der Waals surface area contributed by atoms with Crippen LogP contribution in [0.3, 0.4) is 0 Å². The van der Waals surface area contributed by atoms with E-state index in [0.29, 0.717) is 17.3 Å². The topological polar surface area (TPSA) is 84.3 Å². The lowest BCUT2D eigenvalue weighted by atomic mass is 10.4. The zero-order valence-corrected chi connectivity index (χ0v) is 10.3. The molecule has 2 N–H and O–H groups in total. The van der Waals surface area contributed by atoms with Gasteiger partial charge in [-0.25, -0.2) is 0 Å². The molecule has 0 bridgehead atoms. The Bertz CT molecular complexity index is 686. The van der Waals surface area contributed by atoms with E-state index < -0.39 is 0 Å². The number of rotatable bonds is 3. The van der Waals surface area contributed by atoms with Crippen molar-refractivity contribution >= 4 is 34.3 Å². The molecule has 0 amide bonds. The maximum absolute atomic E-state index is 5.84. The SMILES string of the molecule is CCn1ccc(Nc2nc(Cl)nc3[nH]ncc23)n1. The molecule has 0 fully saturated rings. The summed E-state index contributed by atoms with van der Waals surface area (Å²) in [5.74, 6) is 1.29. The Hall–Kier alpha value is -2.15. The van der Waals surface area contributed by atoms with Gasteiger partial charge >= 0.3 is 0 Å². The van der Waals surface area contributed by atoms with E-state index in [0.717, 1.165) is 11.9 Å². The average molecular weight is 264 g/mol. The van der Waals surface area contributed by atoms with Gasteiger partial charge in [-0.1, -0.05) is 0 Å². The van der Waals surface area contributed by atoms with E-state index in [1.807, 2.05) is 23.9 Å². The molecule has 0 unspecified atom stereocenters. The highest BCUT2D eigenvalue weighted by atomic mass is 35.5. The minimum atomic E-state index is 0.157. The molecule has 0 aliphatic rings. The van der Waals surface area contributed by atoms with Crippen molar-refractivity contribution in [3.8, 4) is 0 Å². The fraction of sp³-hybridized carbons (Fsp3) is 0.200. The molecule has 92 valence electrons. The van der Waals surface area contributed by atoms with E-state index in [1.165, 1.54) is 0 Å². The number of hydrogen-bond acceptors (Lipinski definition) is 5. The molecule has 0 saturated carbocycles. The number of halogens is 1. The Morgan fingerprint density at radius 3 is 3.11 bits per heavy atom. The predicted molar refractivity (Wildman–Crippen MR) is 67.9 cm³/mol. The van der Waals surface area contributed by atoms with Gasteiger partial charge in [0.1, 0.15) is 5.82 Å². The lowest BCUT2D eigenvalue weighted by Gasteiger charge is -2.03. The lowest BCUT2D eigenvalue weighted by molar-refractivity contribution is 0.662. The molecular formula is C10H10ClN7. The molecule has 0 aliphatic heterocycles. The van der Waals surface area contributed by atoms with Crippen LogP contribution >= 0.6 is 11.6 Å². The Kier molecular flexibility index (Phi) is 2.60. The van der Waals surface area contributed by atoms with E-state index in [1.54, 1.807) is 6.20 Å². The number of aryl methyl sites for hydroxylation is 1. The number of nitrogens with zero attached hydrogens (tertiary/aromatic N) is 5. The van der Waals surface area contributed by atoms with Crippen LogP contribution < -0.4 is 5.32 Å². The third-order valence-electron chi connectivity index (χ3n) is 2.49. The third-order valence-corrected chi connectivity index (χ3v) is 2.66. The first-order valence-corrected chi connectivity index (χ1v) is 5.81. The Morgan fingerprint density at radius 1 is 1.44 bits per heavy atom. The van der Waals surface area contributed by atoms with Crippen LogP contribution in [0.15, 0.2) is 18.5 Å². The lowest BCUT2D eigenvalue weighted by Crippen LogP contribution is -1.99. The first kappa shape index (κ1) is 11.0. The number of fused-ring (bicyclic) bond motifs is 1. The molecule has 0 aliphatic carbocycles. The summed E-state index contributed by atoms with van der Waals surface area (Å²) in [7, 11) is 0. The molecule has 8 heteroatoms. The number of H-pyrrole nitrogens is 1. The van der Waals surface area contributed by atoms with Crippen molar-refractivity contribution in [2.45, 2.75) is 13.5 Å². The number of nitrogens with one attached hydrogen (secondary N) is 2. The number of hydrogen-bond donors (Lipinski definition) is 2. The van der Waals surface area contributed by atoms with Crippen LogP contribution in [-0.4, -0.2) is 29.9 Å². The minimum Gasteiger partial charge on any atom is -0.323 e. The van der Waals surface area contributed by atoms with Crippen molar-refractivity contribution in [3.63, 3.8) is 0 Å². The highest BCUT2D eigenvalue weighted by Crippen LogP contribution is 2.22. The Balaban J connectivity index is 2.00. The fourth-order valence-corrected chi connectivity index (χ4v) is 1.80. The predicted octanol–water partition coefficient (Wildman–Crippen LogP) is 1.97. The van der Waals surface area contributed by atoms with Crippen LogP contribution in [0.25, 0.3) is 11.0 Å². The molecule has 18 heavy (non-hydrogen) atoms. The second-order valence-electron chi connectivity index (χ2n) is 3.66. The quantitative estimate of drug-likeness (QED) is 0.706. The smallest absolute Gasteiger partial charge is 0.226 e. The van der Waals surface area contributed by atoms with Crippen LogP contribution in [0.5, 0.6) is 0 Å². The van der Waals surface area contributed by atoms with Crippen molar-refractivity contribution in [1.29, 1.82) is 0 Å². The van der Waals surface area contributed by atoms with Gasteiger partial charge in [0.05, 0.1) is 11.6 Å². The molecule has 3 heterocycles. The van der Waals surface area contributed by atoms with Gasteiger partial charge in [-0.05, 0) is 18.5 Å². The summed E-state index contributed by atoms with van der Waals surface area (Å²) in [5.41, 5.74) is 0.590. The molecule has 3 aromatic rings. The highest BCUT2D eigenvalue weighted by molar-refractivity contribution is 6.28. The van der Waals surface area contributed by atoms with E-state index in [9.17, 15) is 0 Å². The zero-order chi connectivity index (χ0) is 12.5. The van der Waals surface area contributed by atoms with Crippen LogP contribution in [0.4, 0.5) is 11.6 Å². The average Bonchev–Trinajstić information content (AvgIpc) is 2.97. The Morgan fingerprint density at radius 2 is 2.33 bits per heavy atom. The molecule has 0 saturated heterocycles. The normalized spacial score (nSPS) is 11.0. The summed E-state index contributed by atoms with van der Waals surface area (Å²) in [6.07, 6.45) is 3.53. The van der Waals surface area contributed by atoms with Crippen molar-refractivity contribution in [1.82, 2.24) is 29.9 Å². The molecule has 3 rings (SSSR count). The first-order chi connectivity index (χ1) is 8.76. The van der Waals surface area contributed by atoms with Gasteiger partial charge in [-0.2, -0.15) is 20.2 Å². The molecule has 7 nitrogen and oxygen atoms in total. The number of anilines is 2. The van der Waals surface area contributed by atoms with Gasteiger partial charge in [0, 0.05) is 18.8 Å². The molecule has 0 radical (unpaired) electrons. The summed E-state index contributed by atoms with van der Waals surface area (Å²) >= 11 is 5.84. The largest absolute Gasteiger partial charge is 0.323 e. The molecular weight excluding hydrogens is 254 g/mol. The monoisotopic (exact) mass is 263 g/mol. The molecule has 0 spiro atoms. The zero-order valence-electron chi connectivity index (χ0n) is 9.55. The van der Waals surface area contributed by atoms with Gasteiger partial charge in [0.15, 0.2) is 11.5 Å². The van der Waals surface area contributed by atoms with Crippen LogP contribution in [-0.2, 0) is 6.54 Å². The van der Waals surface area contributed by atoms with Crippen molar-refractivity contribution in [2.24, 2.45) is 0 Å². The summed E-state index contributed by atoms with van der Waals surface area (Å²) < 4.78 is 1.82. The first-order valence-electron chi connectivity index (χ1n) is 5.43. The number of aromatic amines is 1. The molecule has 3 aromatic heterocycles.